The summed E-state index contributed by atoms with van der Waals surface area (Å²) >= 11 is 0. The highest BCUT2D eigenvalue weighted by Crippen LogP contribution is 2.18. The summed E-state index contributed by atoms with van der Waals surface area (Å²) in [6.45, 7) is 4.67. The summed E-state index contributed by atoms with van der Waals surface area (Å²) in [7, 11) is 2.04. The van der Waals surface area contributed by atoms with Gasteiger partial charge in [-0.2, -0.15) is 0 Å². The smallest absolute Gasteiger partial charge is 0.224 e. The van der Waals surface area contributed by atoms with E-state index < -0.39 is 0 Å². The number of benzene rings is 2. The molecule has 0 aliphatic heterocycles. The second kappa shape index (κ2) is 7.49. The maximum absolute atomic E-state index is 11.4. The first-order chi connectivity index (χ1) is 12.1. The Kier molecular flexibility index (Phi) is 5.14. The van der Waals surface area contributed by atoms with Crippen molar-refractivity contribution in [3.63, 3.8) is 0 Å². The van der Waals surface area contributed by atoms with Crippen LogP contribution >= 0.6 is 0 Å². The summed E-state index contributed by atoms with van der Waals surface area (Å²) in [5.74, 6) is 1.04. The number of imidazole rings is 1. The van der Waals surface area contributed by atoms with Gasteiger partial charge in [-0.25, -0.2) is 4.98 Å². The van der Waals surface area contributed by atoms with E-state index in [-0.39, 0.29) is 11.9 Å². The van der Waals surface area contributed by atoms with Gasteiger partial charge in [-0.3, -0.25) is 4.79 Å². The van der Waals surface area contributed by atoms with Gasteiger partial charge in [0.2, 0.25) is 5.91 Å². The molecule has 1 aromatic heterocycles. The van der Waals surface area contributed by atoms with E-state index >= 15 is 0 Å². The predicted octanol–water partition coefficient (Wildman–Crippen LogP) is 3.77. The van der Waals surface area contributed by atoms with Crippen LogP contribution in [0, 0.1) is 0 Å². The van der Waals surface area contributed by atoms with Crippen molar-refractivity contribution in [3.8, 4) is 0 Å². The number of carbonyl (C=O) groups is 1. The number of anilines is 1. The molecule has 2 N–H and O–H groups in total. The molecule has 130 valence electrons. The Hall–Kier alpha value is -2.66. The molecule has 0 bridgehead atoms. The Morgan fingerprint density at radius 1 is 1.16 bits per heavy atom. The summed E-state index contributed by atoms with van der Waals surface area (Å²) in [5, 5.41) is 6.38. The highest BCUT2D eigenvalue weighted by molar-refractivity contribution is 5.90. The normalized spacial score (nSPS) is 12.3. The van der Waals surface area contributed by atoms with Crippen LogP contribution in [0.4, 0.5) is 5.69 Å². The number of nitrogens with zero attached hydrogens (tertiary/aromatic N) is 2. The van der Waals surface area contributed by atoms with E-state index in [0.29, 0.717) is 13.0 Å². The van der Waals surface area contributed by atoms with Gasteiger partial charge in [-0.15, -0.1) is 0 Å². The summed E-state index contributed by atoms with van der Waals surface area (Å²) in [4.78, 5) is 16.1. The molecule has 0 unspecified atom stereocenters. The topological polar surface area (TPSA) is 59.0 Å². The standard InChI is InChI=1S/C20H24N4O/c1-4-20(25)22-16-11-9-15(10-12-16)14(2)21-13-19-23-17-7-5-6-8-18(17)24(19)3/h5-12,14,21H,4,13H2,1-3H3,(H,22,25)/t14-/m1/s1. The zero-order valence-corrected chi connectivity index (χ0v) is 14.9. The number of fused-ring (bicyclic) bond motifs is 1. The molecule has 1 atom stereocenters. The lowest BCUT2D eigenvalue weighted by Gasteiger charge is -2.15. The van der Waals surface area contributed by atoms with Gasteiger partial charge in [0.1, 0.15) is 5.82 Å². The Bertz CT molecular complexity index is 867. The van der Waals surface area contributed by atoms with Gasteiger partial charge in [-0.1, -0.05) is 31.2 Å². The fourth-order valence-electron chi connectivity index (χ4n) is 2.82. The van der Waals surface area contributed by atoms with Crippen LogP contribution in [0.2, 0.25) is 0 Å². The first-order valence-corrected chi connectivity index (χ1v) is 8.62. The molecular formula is C20H24N4O. The summed E-state index contributed by atoms with van der Waals surface area (Å²) in [6, 6.07) is 16.3. The third-order valence-electron chi connectivity index (χ3n) is 4.46. The van der Waals surface area contributed by atoms with Crippen molar-refractivity contribution < 1.29 is 4.79 Å². The number of amides is 1. The highest BCUT2D eigenvalue weighted by Gasteiger charge is 2.10. The number of aromatic nitrogens is 2. The largest absolute Gasteiger partial charge is 0.330 e. The molecule has 0 fully saturated rings. The van der Waals surface area contributed by atoms with Crippen LogP contribution in [-0.2, 0) is 18.4 Å². The minimum absolute atomic E-state index is 0.0285. The fourth-order valence-corrected chi connectivity index (χ4v) is 2.82. The molecule has 0 aliphatic rings. The molecular weight excluding hydrogens is 312 g/mol. The number of para-hydroxylation sites is 2. The predicted molar refractivity (Wildman–Crippen MR) is 101 cm³/mol. The van der Waals surface area contributed by atoms with Crippen LogP contribution < -0.4 is 10.6 Å². The first kappa shape index (κ1) is 17.2. The molecule has 0 saturated carbocycles. The second-order valence-electron chi connectivity index (χ2n) is 6.20. The lowest BCUT2D eigenvalue weighted by molar-refractivity contribution is -0.115. The van der Waals surface area contributed by atoms with Crippen molar-refractivity contribution in [3.05, 3.63) is 59.9 Å². The van der Waals surface area contributed by atoms with E-state index in [1.165, 1.54) is 5.56 Å². The van der Waals surface area contributed by atoms with Crippen molar-refractivity contribution in [2.45, 2.75) is 32.9 Å². The number of aryl methyl sites for hydroxylation is 1. The van der Waals surface area contributed by atoms with Crippen LogP contribution in [0.25, 0.3) is 11.0 Å². The average Bonchev–Trinajstić information content (AvgIpc) is 2.96. The Balaban J connectivity index is 1.64. The molecule has 1 heterocycles. The highest BCUT2D eigenvalue weighted by atomic mass is 16.1. The molecule has 1 amide bonds. The third-order valence-corrected chi connectivity index (χ3v) is 4.46. The van der Waals surface area contributed by atoms with Crippen molar-refractivity contribution in [2.24, 2.45) is 7.05 Å². The molecule has 3 rings (SSSR count). The SMILES string of the molecule is CCC(=O)Nc1ccc([C@@H](C)NCc2nc3ccccc3n2C)cc1. The van der Waals surface area contributed by atoms with Crippen molar-refractivity contribution in [1.29, 1.82) is 0 Å². The van der Waals surface area contributed by atoms with E-state index in [9.17, 15) is 4.79 Å². The summed E-state index contributed by atoms with van der Waals surface area (Å²) in [5.41, 5.74) is 4.17. The van der Waals surface area contributed by atoms with E-state index in [1.807, 2.05) is 56.4 Å². The van der Waals surface area contributed by atoms with Gasteiger partial charge in [0, 0.05) is 25.2 Å². The van der Waals surface area contributed by atoms with E-state index in [1.54, 1.807) is 0 Å². The van der Waals surface area contributed by atoms with Crippen LogP contribution in [0.1, 0.15) is 37.7 Å². The van der Waals surface area contributed by atoms with Crippen molar-refractivity contribution in [2.75, 3.05) is 5.32 Å². The molecule has 0 saturated heterocycles. The van der Waals surface area contributed by atoms with Gasteiger partial charge in [0.25, 0.3) is 0 Å². The van der Waals surface area contributed by atoms with E-state index in [4.69, 9.17) is 0 Å². The van der Waals surface area contributed by atoms with Crippen LogP contribution in [0.3, 0.4) is 0 Å². The lowest BCUT2D eigenvalue weighted by atomic mass is 10.1. The lowest BCUT2D eigenvalue weighted by Crippen LogP contribution is -2.20. The third kappa shape index (κ3) is 3.88. The quantitative estimate of drug-likeness (QED) is 0.720. The molecule has 0 spiro atoms. The zero-order chi connectivity index (χ0) is 17.8. The first-order valence-electron chi connectivity index (χ1n) is 8.62. The van der Waals surface area contributed by atoms with Gasteiger partial charge in [-0.05, 0) is 36.8 Å². The van der Waals surface area contributed by atoms with Crippen LogP contribution in [-0.4, -0.2) is 15.5 Å². The van der Waals surface area contributed by atoms with E-state index in [0.717, 1.165) is 22.5 Å². The maximum atomic E-state index is 11.4. The molecule has 3 aromatic rings. The Labute approximate surface area is 148 Å². The second-order valence-corrected chi connectivity index (χ2v) is 6.20. The van der Waals surface area contributed by atoms with Gasteiger partial charge < -0.3 is 15.2 Å². The number of nitrogens with one attached hydrogen (secondary N) is 2. The average molecular weight is 336 g/mol. The maximum Gasteiger partial charge on any atom is 0.224 e. The van der Waals surface area contributed by atoms with Gasteiger partial charge in [0.05, 0.1) is 17.6 Å². The monoisotopic (exact) mass is 336 g/mol. The summed E-state index contributed by atoms with van der Waals surface area (Å²) in [6.07, 6.45) is 0.484. The molecule has 0 radical (unpaired) electrons. The van der Waals surface area contributed by atoms with Crippen molar-refractivity contribution in [1.82, 2.24) is 14.9 Å². The number of hydrogen-bond donors (Lipinski definition) is 2. The molecule has 25 heavy (non-hydrogen) atoms. The van der Waals surface area contributed by atoms with Crippen molar-refractivity contribution >= 4 is 22.6 Å². The number of hydrogen-bond acceptors (Lipinski definition) is 3. The molecule has 5 nitrogen and oxygen atoms in total. The zero-order valence-electron chi connectivity index (χ0n) is 14.9. The molecule has 2 aromatic carbocycles. The molecule has 0 aliphatic carbocycles. The Morgan fingerprint density at radius 3 is 2.56 bits per heavy atom. The number of carbonyl (C=O) groups excluding carboxylic acids is 1. The van der Waals surface area contributed by atoms with Crippen LogP contribution in [0.5, 0.6) is 0 Å². The Morgan fingerprint density at radius 2 is 1.88 bits per heavy atom. The summed E-state index contributed by atoms with van der Waals surface area (Å²) < 4.78 is 2.12. The number of rotatable bonds is 6. The van der Waals surface area contributed by atoms with Gasteiger partial charge >= 0.3 is 0 Å². The van der Waals surface area contributed by atoms with Crippen LogP contribution in [0.15, 0.2) is 48.5 Å². The van der Waals surface area contributed by atoms with E-state index in [2.05, 4.69) is 33.2 Å². The fraction of sp³-hybridized carbons (Fsp3) is 0.300. The van der Waals surface area contributed by atoms with Gasteiger partial charge in [0.15, 0.2) is 0 Å². The minimum atomic E-state index is 0.0285. The molecule has 5 heteroatoms. The minimum Gasteiger partial charge on any atom is -0.330 e.